The van der Waals surface area contributed by atoms with E-state index in [0.29, 0.717) is 6.04 Å². The first-order valence-electron chi connectivity index (χ1n) is 7.91. The van der Waals surface area contributed by atoms with Crippen LogP contribution in [0.4, 0.5) is 0 Å². The van der Waals surface area contributed by atoms with Gasteiger partial charge in [0, 0.05) is 6.61 Å². The molecule has 3 heteroatoms. The molecule has 2 fully saturated rings. The fourth-order valence-electron chi connectivity index (χ4n) is 4.05. The van der Waals surface area contributed by atoms with Gasteiger partial charge < -0.3 is 4.74 Å². The van der Waals surface area contributed by atoms with Crippen LogP contribution in [-0.2, 0) is 4.74 Å². The zero-order valence-corrected chi connectivity index (χ0v) is 11.9. The van der Waals surface area contributed by atoms with E-state index in [-0.39, 0.29) is 5.60 Å². The van der Waals surface area contributed by atoms with Crippen LogP contribution in [0.5, 0.6) is 0 Å². The van der Waals surface area contributed by atoms with Crippen molar-refractivity contribution in [2.24, 2.45) is 11.8 Å². The van der Waals surface area contributed by atoms with Gasteiger partial charge in [-0.1, -0.05) is 44.9 Å². The minimum Gasteiger partial charge on any atom is -0.374 e. The monoisotopic (exact) mass is 254 g/mol. The highest BCUT2D eigenvalue weighted by atomic mass is 16.5. The maximum atomic E-state index is 6.14. The van der Waals surface area contributed by atoms with Gasteiger partial charge in [-0.25, -0.2) is 0 Å². The van der Waals surface area contributed by atoms with E-state index < -0.39 is 0 Å². The van der Waals surface area contributed by atoms with Crippen LogP contribution in [-0.4, -0.2) is 18.2 Å². The quantitative estimate of drug-likeness (QED) is 0.565. The summed E-state index contributed by atoms with van der Waals surface area (Å²) in [6, 6.07) is 0.350. The topological polar surface area (TPSA) is 47.3 Å². The van der Waals surface area contributed by atoms with Crippen molar-refractivity contribution in [1.82, 2.24) is 5.43 Å². The number of hydrazine groups is 1. The van der Waals surface area contributed by atoms with Gasteiger partial charge in [-0.3, -0.25) is 11.3 Å². The SMILES string of the molecule is CCOC1(C(CC2CCCCC2)NN)CCCC1. The summed E-state index contributed by atoms with van der Waals surface area (Å²) < 4.78 is 6.14. The first-order valence-corrected chi connectivity index (χ1v) is 7.91. The number of ether oxygens (including phenoxy) is 1. The van der Waals surface area contributed by atoms with E-state index in [1.165, 1.54) is 64.2 Å². The molecule has 0 amide bonds. The fourth-order valence-corrected chi connectivity index (χ4v) is 4.05. The highest BCUT2D eigenvalue weighted by Crippen LogP contribution is 2.39. The molecule has 2 saturated carbocycles. The summed E-state index contributed by atoms with van der Waals surface area (Å²) >= 11 is 0. The summed E-state index contributed by atoms with van der Waals surface area (Å²) in [5.41, 5.74) is 3.12. The summed E-state index contributed by atoms with van der Waals surface area (Å²) in [4.78, 5) is 0. The van der Waals surface area contributed by atoms with Crippen LogP contribution in [0.3, 0.4) is 0 Å². The molecular weight excluding hydrogens is 224 g/mol. The largest absolute Gasteiger partial charge is 0.374 e. The second kappa shape index (κ2) is 6.88. The third-order valence-corrected chi connectivity index (χ3v) is 5.01. The van der Waals surface area contributed by atoms with E-state index in [0.717, 1.165) is 12.5 Å². The Morgan fingerprint density at radius 3 is 2.39 bits per heavy atom. The molecule has 18 heavy (non-hydrogen) atoms. The van der Waals surface area contributed by atoms with Crippen molar-refractivity contribution in [2.45, 2.75) is 82.8 Å². The first kappa shape index (κ1) is 14.3. The van der Waals surface area contributed by atoms with Gasteiger partial charge in [-0.05, 0) is 32.1 Å². The van der Waals surface area contributed by atoms with Crippen LogP contribution in [0, 0.1) is 5.92 Å². The molecule has 0 aromatic carbocycles. The van der Waals surface area contributed by atoms with Crippen molar-refractivity contribution in [1.29, 1.82) is 0 Å². The molecule has 0 saturated heterocycles. The van der Waals surface area contributed by atoms with Crippen LogP contribution in [0.15, 0.2) is 0 Å². The molecule has 0 heterocycles. The third kappa shape index (κ3) is 3.25. The van der Waals surface area contributed by atoms with Crippen molar-refractivity contribution in [3.05, 3.63) is 0 Å². The van der Waals surface area contributed by atoms with Crippen LogP contribution in [0.2, 0.25) is 0 Å². The van der Waals surface area contributed by atoms with Crippen molar-refractivity contribution in [3.8, 4) is 0 Å². The highest BCUT2D eigenvalue weighted by molar-refractivity contribution is 4.97. The Balaban J connectivity index is 1.96. The number of nitrogens with two attached hydrogens (primary N) is 1. The van der Waals surface area contributed by atoms with Crippen LogP contribution < -0.4 is 11.3 Å². The van der Waals surface area contributed by atoms with Crippen LogP contribution in [0.25, 0.3) is 0 Å². The summed E-state index contributed by atoms with van der Waals surface area (Å²) in [5, 5.41) is 0. The summed E-state index contributed by atoms with van der Waals surface area (Å²) in [5.74, 6) is 6.71. The first-order chi connectivity index (χ1) is 8.80. The standard InChI is InChI=1S/C15H30N2O/c1-2-18-15(10-6-7-11-15)14(17-16)12-13-8-4-3-5-9-13/h13-14,17H,2-12,16H2,1H3. The molecule has 1 unspecified atom stereocenters. The van der Waals surface area contributed by atoms with Gasteiger partial charge in [0.25, 0.3) is 0 Å². The molecular formula is C15H30N2O. The van der Waals surface area contributed by atoms with Crippen LogP contribution >= 0.6 is 0 Å². The van der Waals surface area contributed by atoms with Gasteiger partial charge in [0.15, 0.2) is 0 Å². The molecule has 0 aromatic rings. The maximum Gasteiger partial charge on any atom is 0.0848 e. The van der Waals surface area contributed by atoms with Crippen molar-refractivity contribution >= 4 is 0 Å². The van der Waals surface area contributed by atoms with Crippen molar-refractivity contribution < 1.29 is 4.74 Å². The van der Waals surface area contributed by atoms with E-state index in [1.54, 1.807) is 0 Å². The number of hydrogen-bond acceptors (Lipinski definition) is 3. The number of nitrogens with one attached hydrogen (secondary N) is 1. The Labute approximate surface area is 112 Å². The average Bonchev–Trinajstić information content (AvgIpc) is 2.87. The summed E-state index contributed by atoms with van der Waals surface area (Å²) in [6.45, 7) is 2.91. The molecule has 0 bridgehead atoms. The molecule has 2 aliphatic carbocycles. The molecule has 0 aliphatic heterocycles. The van der Waals surface area contributed by atoms with Crippen molar-refractivity contribution in [3.63, 3.8) is 0 Å². The lowest BCUT2D eigenvalue weighted by Gasteiger charge is -2.39. The molecule has 0 spiro atoms. The maximum absolute atomic E-state index is 6.14. The second-order valence-electron chi connectivity index (χ2n) is 6.16. The highest BCUT2D eigenvalue weighted by Gasteiger charge is 2.42. The lowest BCUT2D eigenvalue weighted by atomic mass is 9.79. The molecule has 0 radical (unpaired) electrons. The lowest BCUT2D eigenvalue weighted by molar-refractivity contribution is -0.0674. The van der Waals surface area contributed by atoms with Gasteiger partial charge in [0.1, 0.15) is 0 Å². The fraction of sp³-hybridized carbons (Fsp3) is 1.00. The minimum atomic E-state index is 0.0287. The molecule has 3 N–H and O–H groups in total. The molecule has 2 rings (SSSR count). The average molecular weight is 254 g/mol. The van der Waals surface area contributed by atoms with Gasteiger partial charge >= 0.3 is 0 Å². The Kier molecular flexibility index (Phi) is 5.46. The Morgan fingerprint density at radius 1 is 1.17 bits per heavy atom. The van der Waals surface area contributed by atoms with E-state index >= 15 is 0 Å². The lowest BCUT2D eigenvalue weighted by Crippen LogP contribution is -2.54. The van der Waals surface area contributed by atoms with E-state index in [1.807, 2.05) is 0 Å². The summed E-state index contributed by atoms with van der Waals surface area (Å²) in [7, 11) is 0. The van der Waals surface area contributed by atoms with E-state index in [2.05, 4.69) is 12.3 Å². The van der Waals surface area contributed by atoms with E-state index in [4.69, 9.17) is 10.6 Å². The Morgan fingerprint density at radius 2 is 1.83 bits per heavy atom. The summed E-state index contributed by atoms with van der Waals surface area (Å²) in [6.07, 6.45) is 13.2. The molecule has 3 nitrogen and oxygen atoms in total. The normalized spacial score (nSPS) is 26.3. The smallest absolute Gasteiger partial charge is 0.0848 e. The number of hydrogen-bond donors (Lipinski definition) is 2. The predicted molar refractivity (Wildman–Crippen MR) is 75.1 cm³/mol. The molecule has 0 aromatic heterocycles. The minimum absolute atomic E-state index is 0.0287. The van der Waals surface area contributed by atoms with Crippen molar-refractivity contribution in [2.75, 3.05) is 6.61 Å². The second-order valence-corrected chi connectivity index (χ2v) is 6.16. The molecule has 106 valence electrons. The third-order valence-electron chi connectivity index (χ3n) is 5.01. The zero-order chi connectivity index (χ0) is 12.8. The predicted octanol–water partition coefficient (Wildman–Crippen LogP) is 3.14. The molecule has 2 aliphatic rings. The number of rotatable bonds is 6. The Bertz CT molecular complexity index is 233. The Hall–Kier alpha value is -0.120. The van der Waals surface area contributed by atoms with Gasteiger partial charge in [-0.2, -0.15) is 0 Å². The van der Waals surface area contributed by atoms with Gasteiger partial charge in [-0.15, -0.1) is 0 Å². The van der Waals surface area contributed by atoms with Gasteiger partial charge in [0.2, 0.25) is 0 Å². The van der Waals surface area contributed by atoms with Gasteiger partial charge in [0.05, 0.1) is 11.6 Å². The molecule has 1 atom stereocenters. The van der Waals surface area contributed by atoms with Crippen LogP contribution in [0.1, 0.15) is 71.1 Å². The zero-order valence-electron chi connectivity index (χ0n) is 11.9. The van der Waals surface area contributed by atoms with E-state index in [9.17, 15) is 0 Å².